The summed E-state index contributed by atoms with van der Waals surface area (Å²) in [5, 5.41) is 9.15. The highest BCUT2D eigenvalue weighted by molar-refractivity contribution is 9.10. The average molecular weight is 338 g/mol. The first-order chi connectivity index (χ1) is 9.58. The zero-order valence-electron chi connectivity index (χ0n) is 11.0. The Morgan fingerprint density at radius 1 is 1.25 bits per heavy atom. The van der Waals surface area contributed by atoms with Gasteiger partial charge in [0, 0.05) is 16.9 Å². The molecule has 20 heavy (non-hydrogen) atoms. The summed E-state index contributed by atoms with van der Waals surface area (Å²) >= 11 is 3.40. The highest BCUT2D eigenvalue weighted by atomic mass is 79.9. The molecule has 0 bridgehead atoms. The maximum atomic E-state index is 12.4. The van der Waals surface area contributed by atoms with Crippen molar-refractivity contribution in [1.82, 2.24) is 4.90 Å². The fourth-order valence-electron chi connectivity index (χ4n) is 3.05. The molecule has 3 atom stereocenters. The van der Waals surface area contributed by atoms with Gasteiger partial charge in [-0.2, -0.15) is 0 Å². The first-order valence-electron chi connectivity index (χ1n) is 6.86. The molecule has 1 aromatic carbocycles. The van der Waals surface area contributed by atoms with Crippen LogP contribution >= 0.6 is 15.9 Å². The highest BCUT2D eigenvalue weighted by Crippen LogP contribution is 2.49. The first-order valence-corrected chi connectivity index (χ1v) is 7.66. The minimum absolute atomic E-state index is 0.0165. The van der Waals surface area contributed by atoms with Crippen LogP contribution in [0.3, 0.4) is 0 Å². The molecule has 0 unspecified atom stereocenters. The molecule has 1 saturated carbocycles. The Morgan fingerprint density at radius 2 is 1.95 bits per heavy atom. The first kappa shape index (κ1) is 13.6. The quantitative estimate of drug-likeness (QED) is 0.922. The normalized spacial score (nSPS) is 28.4. The van der Waals surface area contributed by atoms with E-state index < -0.39 is 12.0 Å². The van der Waals surface area contributed by atoms with E-state index in [1.807, 2.05) is 24.3 Å². The van der Waals surface area contributed by atoms with Crippen LogP contribution in [0.15, 0.2) is 28.7 Å². The van der Waals surface area contributed by atoms with Gasteiger partial charge in [-0.3, -0.25) is 4.79 Å². The third-order valence-corrected chi connectivity index (χ3v) is 4.76. The molecule has 1 heterocycles. The Balaban J connectivity index is 1.68. The second-order valence-corrected chi connectivity index (χ2v) is 6.44. The summed E-state index contributed by atoms with van der Waals surface area (Å²) in [6.07, 6.45) is 2.21. The fourth-order valence-corrected chi connectivity index (χ4v) is 3.31. The minimum Gasteiger partial charge on any atom is -0.480 e. The summed E-state index contributed by atoms with van der Waals surface area (Å²) in [7, 11) is 0. The van der Waals surface area contributed by atoms with Crippen LogP contribution in [0.5, 0.6) is 0 Å². The number of carboxylic acid groups (broad SMARTS) is 1. The summed E-state index contributed by atoms with van der Waals surface area (Å²) in [6.45, 7) is 0.583. The molecule has 0 spiro atoms. The fraction of sp³-hybridized carbons (Fsp3) is 0.467. The molecule has 1 aliphatic carbocycles. The van der Waals surface area contributed by atoms with Gasteiger partial charge in [-0.05, 0) is 42.9 Å². The van der Waals surface area contributed by atoms with Crippen molar-refractivity contribution in [3.05, 3.63) is 34.3 Å². The molecule has 2 fully saturated rings. The van der Waals surface area contributed by atoms with E-state index in [4.69, 9.17) is 5.11 Å². The summed E-state index contributed by atoms with van der Waals surface area (Å²) < 4.78 is 1.02. The molecule has 3 rings (SSSR count). The van der Waals surface area contributed by atoms with Crippen molar-refractivity contribution in [2.24, 2.45) is 5.92 Å². The van der Waals surface area contributed by atoms with Crippen molar-refractivity contribution in [1.29, 1.82) is 0 Å². The second-order valence-electron chi connectivity index (χ2n) is 5.53. The molecule has 1 saturated heterocycles. The molecule has 4 nitrogen and oxygen atoms in total. The summed E-state index contributed by atoms with van der Waals surface area (Å²) in [6, 6.07) is 7.39. The molecule has 5 heteroatoms. The monoisotopic (exact) mass is 337 g/mol. The van der Waals surface area contributed by atoms with Crippen LogP contribution < -0.4 is 0 Å². The SMILES string of the molecule is O=C(O)[C@@H]1CCCN1C(=O)[C@H]1C[C@H]1c1ccc(Br)cc1. The van der Waals surface area contributed by atoms with E-state index in [0.717, 1.165) is 22.9 Å². The van der Waals surface area contributed by atoms with Crippen LogP contribution in [0.4, 0.5) is 0 Å². The zero-order valence-corrected chi connectivity index (χ0v) is 12.5. The van der Waals surface area contributed by atoms with Gasteiger partial charge >= 0.3 is 5.97 Å². The molecule has 1 amide bonds. The predicted octanol–water partition coefficient (Wildman–Crippen LogP) is 2.63. The van der Waals surface area contributed by atoms with Gasteiger partial charge in [0.25, 0.3) is 0 Å². The number of halogens is 1. The molecular weight excluding hydrogens is 322 g/mol. The molecule has 2 aliphatic rings. The van der Waals surface area contributed by atoms with Crippen molar-refractivity contribution in [3.8, 4) is 0 Å². The van der Waals surface area contributed by atoms with Gasteiger partial charge in [0.05, 0.1) is 0 Å². The number of carboxylic acids is 1. The molecule has 0 radical (unpaired) electrons. The predicted molar refractivity (Wildman–Crippen MR) is 77.4 cm³/mol. The van der Waals surface area contributed by atoms with E-state index in [-0.39, 0.29) is 17.7 Å². The van der Waals surface area contributed by atoms with Gasteiger partial charge in [-0.25, -0.2) is 4.79 Å². The number of nitrogens with zero attached hydrogens (tertiary/aromatic N) is 1. The lowest BCUT2D eigenvalue weighted by atomic mass is 10.1. The summed E-state index contributed by atoms with van der Waals surface area (Å²) in [5.74, 6) is -0.638. The number of aliphatic carboxylic acids is 1. The van der Waals surface area contributed by atoms with E-state index in [9.17, 15) is 9.59 Å². The van der Waals surface area contributed by atoms with Gasteiger partial charge in [-0.1, -0.05) is 28.1 Å². The van der Waals surface area contributed by atoms with E-state index in [0.29, 0.717) is 13.0 Å². The standard InChI is InChI=1S/C15H16BrNO3/c16-10-5-3-9(4-6-10)11-8-12(11)14(18)17-7-1-2-13(17)15(19)20/h3-6,11-13H,1-2,7-8H2,(H,19,20)/t11-,12-,13-/m0/s1. The molecule has 106 valence electrons. The lowest BCUT2D eigenvalue weighted by Gasteiger charge is -2.21. The third-order valence-electron chi connectivity index (χ3n) is 4.23. The number of hydrogen-bond acceptors (Lipinski definition) is 2. The Bertz CT molecular complexity index is 543. The van der Waals surface area contributed by atoms with E-state index in [2.05, 4.69) is 15.9 Å². The highest BCUT2D eigenvalue weighted by Gasteiger charge is 2.48. The van der Waals surface area contributed by atoms with Crippen LogP contribution in [-0.4, -0.2) is 34.5 Å². The van der Waals surface area contributed by atoms with Crippen LogP contribution in [0, 0.1) is 5.92 Å². The van der Waals surface area contributed by atoms with E-state index >= 15 is 0 Å². The average Bonchev–Trinajstić information content (AvgIpc) is 3.06. The second kappa shape index (κ2) is 5.20. The van der Waals surface area contributed by atoms with Crippen molar-refractivity contribution in [2.45, 2.75) is 31.2 Å². The topological polar surface area (TPSA) is 57.6 Å². The molecule has 1 N–H and O–H groups in total. The number of carbonyl (C=O) groups is 2. The van der Waals surface area contributed by atoms with Crippen molar-refractivity contribution >= 4 is 27.8 Å². The van der Waals surface area contributed by atoms with Gasteiger partial charge in [0.1, 0.15) is 6.04 Å². The summed E-state index contributed by atoms with van der Waals surface area (Å²) in [4.78, 5) is 25.1. The van der Waals surface area contributed by atoms with Gasteiger partial charge in [-0.15, -0.1) is 0 Å². The number of likely N-dealkylation sites (tertiary alicyclic amines) is 1. The lowest BCUT2D eigenvalue weighted by molar-refractivity contribution is -0.148. The van der Waals surface area contributed by atoms with Crippen LogP contribution in [-0.2, 0) is 9.59 Å². The maximum absolute atomic E-state index is 12.4. The maximum Gasteiger partial charge on any atom is 0.326 e. The smallest absolute Gasteiger partial charge is 0.326 e. The number of rotatable bonds is 3. The number of amides is 1. The van der Waals surface area contributed by atoms with Gasteiger partial charge < -0.3 is 10.0 Å². The lowest BCUT2D eigenvalue weighted by Crippen LogP contribution is -2.41. The minimum atomic E-state index is -0.878. The Morgan fingerprint density at radius 3 is 2.60 bits per heavy atom. The largest absolute Gasteiger partial charge is 0.480 e. The summed E-state index contributed by atoms with van der Waals surface area (Å²) in [5.41, 5.74) is 1.16. The number of benzene rings is 1. The molecule has 0 aromatic heterocycles. The van der Waals surface area contributed by atoms with Crippen LogP contribution in [0.25, 0.3) is 0 Å². The van der Waals surface area contributed by atoms with Crippen molar-refractivity contribution in [3.63, 3.8) is 0 Å². The van der Waals surface area contributed by atoms with E-state index in [1.54, 1.807) is 4.90 Å². The Hall–Kier alpha value is -1.36. The van der Waals surface area contributed by atoms with Gasteiger partial charge in [0.15, 0.2) is 0 Å². The molecule has 1 aliphatic heterocycles. The van der Waals surface area contributed by atoms with Crippen LogP contribution in [0.1, 0.15) is 30.7 Å². The number of hydrogen-bond donors (Lipinski definition) is 1. The molecular formula is C15H16BrNO3. The molecule has 1 aromatic rings. The van der Waals surface area contributed by atoms with E-state index in [1.165, 1.54) is 0 Å². The van der Waals surface area contributed by atoms with Gasteiger partial charge in [0.2, 0.25) is 5.91 Å². The van der Waals surface area contributed by atoms with Crippen molar-refractivity contribution in [2.75, 3.05) is 6.54 Å². The van der Waals surface area contributed by atoms with Crippen molar-refractivity contribution < 1.29 is 14.7 Å². The zero-order chi connectivity index (χ0) is 14.3. The Labute approximate surface area is 125 Å². The third kappa shape index (κ3) is 2.46. The van der Waals surface area contributed by atoms with Crippen LogP contribution in [0.2, 0.25) is 0 Å². The Kier molecular flexibility index (Phi) is 3.54. The number of carbonyl (C=O) groups excluding carboxylic acids is 1.